The van der Waals surface area contributed by atoms with Crippen molar-refractivity contribution in [1.29, 1.82) is 0 Å². The van der Waals surface area contributed by atoms with Crippen molar-refractivity contribution in [2.45, 2.75) is 6.92 Å². The van der Waals surface area contributed by atoms with Gasteiger partial charge in [0.1, 0.15) is 0 Å². The first-order valence-corrected chi connectivity index (χ1v) is 3.70. The van der Waals surface area contributed by atoms with Crippen LogP contribution in [0.5, 0.6) is 0 Å². The smallest absolute Gasteiger partial charge is 0.358 e. The molecule has 13 heavy (non-hydrogen) atoms. The first kappa shape index (κ1) is 7.99. The highest BCUT2D eigenvalue weighted by atomic mass is 35.5. The van der Waals surface area contributed by atoms with Gasteiger partial charge in [0.2, 0.25) is 0 Å². The molecule has 2 heterocycles. The van der Waals surface area contributed by atoms with Crippen molar-refractivity contribution in [3.63, 3.8) is 0 Å². The summed E-state index contributed by atoms with van der Waals surface area (Å²) in [4.78, 5) is 11.1. The van der Waals surface area contributed by atoms with Crippen LogP contribution in [0.3, 0.4) is 0 Å². The lowest BCUT2D eigenvalue weighted by atomic mass is 10.4. The molecular weight excluding hydrogens is 198 g/mol. The molecule has 0 bridgehead atoms. The summed E-state index contributed by atoms with van der Waals surface area (Å²) in [7, 11) is 0. The van der Waals surface area contributed by atoms with Gasteiger partial charge in [-0.05, 0) is 17.4 Å². The molecule has 0 aliphatic rings. The molecule has 0 fully saturated rings. The second-order valence-electron chi connectivity index (χ2n) is 2.30. The quantitative estimate of drug-likeness (QED) is 0.696. The lowest BCUT2D eigenvalue weighted by Crippen LogP contribution is -2.16. The second-order valence-corrected chi connectivity index (χ2v) is 2.65. The van der Waals surface area contributed by atoms with E-state index in [1.54, 1.807) is 6.92 Å². The van der Waals surface area contributed by atoms with Gasteiger partial charge >= 0.3 is 5.69 Å². The van der Waals surface area contributed by atoms with E-state index in [2.05, 4.69) is 20.7 Å². The maximum atomic E-state index is 11.1. The zero-order valence-electron chi connectivity index (χ0n) is 6.48. The Labute approximate surface area is 76.3 Å². The Morgan fingerprint density at radius 1 is 1.62 bits per heavy atom. The Morgan fingerprint density at radius 3 is 2.85 bits per heavy atom. The molecular formula is C5H4ClN5O2. The monoisotopic (exact) mass is 201 g/mol. The van der Waals surface area contributed by atoms with Crippen LogP contribution in [0.2, 0.25) is 5.15 Å². The molecule has 7 nitrogen and oxygen atoms in total. The number of H-pyrrole nitrogens is 1. The number of aromatic nitrogens is 5. The Kier molecular flexibility index (Phi) is 1.66. The lowest BCUT2D eigenvalue weighted by Gasteiger charge is -1.91. The Bertz CT molecular complexity index is 464. The van der Waals surface area contributed by atoms with E-state index in [0.29, 0.717) is 11.4 Å². The number of nitrogens with zero attached hydrogens (tertiary/aromatic N) is 4. The number of halogens is 1. The molecule has 0 radical (unpaired) electrons. The van der Waals surface area contributed by atoms with Gasteiger partial charge in [-0.3, -0.25) is 0 Å². The van der Waals surface area contributed by atoms with Gasteiger partial charge in [-0.15, -0.1) is 0 Å². The number of aryl methyl sites for hydroxylation is 1. The highest BCUT2D eigenvalue weighted by Gasteiger charge is 2.15. The van der Waals surface area contributed by atoms with Crippen LogP contribution in [0.4, 0.5) is 0 Å². The van der Waals surface area contributed by atoms with E-state index < -0.39 is 5.69 Å². The molecule has 2 rings (SSSR count). The van der Waals surface area contributed by atoms with Crippen molar-refractivity contribution >= 4 is 11.6 Å². The number of nitrogens with one attached hydrogen (secondary N) is 1. The zero-order chi connectivity index (χ0) is 9.42. The molecule has 8 heteroatoms. The summed E-state index contributed by atoms with van der Waals surface area (Å²) in [5, 5.41) is 12.5. The summed E-state index contributed by atoms with van der Waals surface area (Å²) in [6.07, 6.45) is 0. The molecule has 0 spiro atoms. The van der Waals surface area contributed by atoms with Crippen LogP contribution in [0.1, 0.15) is 5.76 Å². The summed E-state index contributed by atoms with van der Waals surface area (Å²) < 4.78 is 5.73. The lowest BCUT2D eigenvalue weighted by molar-refractivity contribution is 0.397. The van der Waals surface area contributed by atoms with Gasteiger partial charge in [0, 0.05) is 0 Å². The van der Waals surface area contributed by atoms with Crippen molar-refractivity contribution in [2.75, 3.05) is 0 Å². The van der Waals surface area contributed by atoms with Gasteiger partial charge in [0.15, 0.2) is 16.6 Å². The summed E-state index contributed by atoms with van der Waals surface area (Å²) in [5.41, 5.74) is -0.186. The molecule has 0 aliphatic carbocycles. The molecule has 2 aromatic rings. The van der Waals surface area contributed by atoms with Crippen molar-refractivity contribution in [3.05, 3.63) is 21.4 Å². The van der Waals surface area contributed by atoms with Crippen molar-refractivity contribution in [3.8, 4) is 5.69 Å². The van der Waals surface area contributed by atoms with E-state index in [4.69, 9.17) is 16.1 Å². The third-order valence-corrected chi connectivity index (χ3v) is 1.72. The minimum atomic E-state index is -0.492. The molecule has 0 saturated carbocycles. The van der Waals surface area contributed by atoms with Crippen LogP contribution in [0, 0.1) is 6.92 Å². The SMILES string of the molecule is Cc1onc(Cl)c1-n1nn[nH]c1=O. The van der Waals surface area contributed by atoms with Crippen molar-refractivity contribution < 1.29 is 4.52 Å². The summed E-state index contributed by atoms with van der Waals surface area (Å²) in [6.45, 7) is 1.62. The molecule has 0 unspecified atom stereocenters. The summed E-state index contributed by atoms with van der Waals surface area (Å²) in [6, 6.07) is 0. The average molecular weight is 202 g/mol. The van der Waals surface area contributed by atoms with Gasteiger partial charge in [0.05, 0.1) is 0 Å². The van der Waals surface area contributed by atoms with Gasteiger partial charge in [0.25, 0.3) is 0 Å². The van der Waals surface area contributed by atoms with E-state index in [1.165, 1.54) is 0 Å². The van der Waals surface area contributed by atoms with E-state index in [0.717, 1.165) is 4.68 Å². The number of rotatable bonds is 1. The van der Waals surface area contributed by atoms with E-state index in [9.17, 15) is 4.79 Å². The number of hydrogen-bond acceptors (Lipinski definition) is 5. The third-order valence-electron chi connectivity index (χ3n) is 1.48. The minimum Gasteiger partial charge on any atom is -0.358 e. The van der Waals surface area contributed by atoms with E-state index in [-0.39, 0.29) is 5.15 Å². The van der Waals surface area contributed by atoms with Gasteiger partial charge < -0.3 is 4.52 Å². The van der Waals surface area contributed by atoms with Crippen molar-refractivity contribution in [2.24, 2.45) is 0 Å². The van der Waals surface area contributed by atoms with Crippen LogP contribution in [0.25, 0.3) is 5.69 Å². The molecule has 0 atom stereocenters. The number of tetrazole rings is 1. The number of hydrogen-bond donors (Lipinski definition) is 1. The van der Waals surface area contributed by atoms with Crippen LogP contribution < -0.4 is 5.69 Å². The van der Waals surface area contributed by atoms with Gasteiger partial charge in [-0.2, -0.15) is 4.68 Å². The fourth-order valence-electron chi connectivity index (χ4n) is 0.921. The fraction of sp³-hybridized carbons (Fsp3) is 0.200. The molecule has 1 N–H and O–H groups in total. The Balaban J connectivity index is 2.71. The average Bonchev–Trinajstić information content (AvgIpc) is 2.60. The number of aromatic amines is 1. The molecule has 0 aromatic carbocycles. The fourth-order valence-corrected chi connectivity index (χ4v) is 1.17. The largest absolute Gasteiger partial charge is 0.366 e. The highest BCUT2D eigenvalue weighted by molar-refractivity contribution is 6.31. The third kappa shape index (κ3) is 1.13. The van der Waals surface area contributed by atoms with Crippen LogP contribution in [-0.2, 0) is 0 Å². The normalized spacial score (nSPS) is 10.6. The zero-order valence-corrected chi connectivity index (χ0v) is 7.24. The predicted molar refractivity (Wildman–Crippen MR) is 41.8 cm³/mol. The Morgan fingerprint density at radius 2 is 2.38 bits per heavy atom. The maximum absolute atomic E-state index is 11.1. The minimum absolute atomic E-state index is 0.0773. The Hall–Kier alpha value is -1.63. The summed E-state index contributed by atoms with van der Waals surface area (Å²) in [5.74, 6) is 0.404. The highest BCUT2D eigenvalue weighted by Crippen LogP contribution is 2.20. The van der Waals surface area contributed by atoms with Gasteiger partial charge in [-0.25, -0.2) is 9.89 Å². The predicted octanol–water partition coefficient (Wildman–Crippen LogP) is -0.0946. The van der Waals surface area contributed by atoms with Gasteiger partial charge in [-0.1, -0.05) is 16.8 Å². The first-order valence-electron chi connectivity index (χ1n) is 3.32. The molecule has 2 aromatic heterocycles. The van der Waals surface area contributed by atoms with E-state index >= 15 is 0 Å². The van der Waals surface area contributed by atoms with Crippen LogP contribution in [-0.4, -0.2) is 25.4 Å². The van der Waals surface area contributed by atoms with Crippen LogP contribution in [0.15, 0.2) is 9.32 Å². The molecule has 68 valence electrons. The van der Waals surface area contributed by atoms with Crippen LogP contribution >= 0.6 is 11.6 Å². The standard InChI is InChI=1S/C5H4ClN5O2/c1-2-3(4(6)8-13-2)11-5(12)7-9-10-11/h1H3,(H,7,10,12). The second kappa shape index (κ2) is 2.70. The topological polar surface area (TPSA) is 89.6 Å². The molecule has 0 aliphatic heterocycles. The molecule has 0 saturated heterocycles. The molecule has 0 amide bonds. The summed E-state index contributed by atoms with van der Waals surface area (Å²) >= 11 is 5.66. The van der Waals surface area contributed by atoms with Crippen molar-refractivity contribution in [1.82, 2.24) is 25.4 Å². The first-order chi connectivity index (χ1) is 6.20. The van der Waals surface area contributed by atoms with E-state index in [1.807, 2.05) is 0 Å². The maximum Gasteiger partial charge on any atom is 0.366 e.